The summed E-state index contributed by atoms with van der Waals surface area (Å²) in [4.78, 5) is 41.9. The molecule has 1 amide bonds. The van der Waals surface area contributed by atoms with Gasteiger partial charge in [0.05, 0.1) is 27.6 Å². The first kappa shape index (κ1) is 27.6. The Balaban J connectivity index is 1.62. The number of non-ortho nitro benzene ring substituents is 1. The van der Waals surface area contributed by atoms with Crippen LogP contribution in [0.1, 0.15) is 17.2 Å². The van der Waals surface area contributed by atoms with Gasteiger partial charge in [-0.3, -0.25) is 24.6 Å². The fourth-order valence-electron chi connectivity index (χ4n) is 4.13. The van der Waals surface area contributed by atoms with Gasteiger partial charge >= 0.3 is 5.91 Å². The molecule has 0 unspecified atom stereocenters. The number of hydrogen-bond donors (Lipinski definition) is 1. The lowest BCUT2D eigenvalue weighted by Gasteiger charge is -2.23. The molecule has 4 aromatic rings. The smallest absolute Gasteiger partial charge is 0.301 e. The summed E-state index contributed by atoms with van der Waals surface area (Å²) >= 11 is 9.99. The van der Waals surface area contributed by atoms with E-state index in [0.29, 0.717) is 26.4 Å². The van der Waals surface area contributed by atoms with Crippen molar-refractivity contribution in [1.29, 1.82) is 0 Å². The van der Waals surface area contributed by atoms with Crippen LogP contribution in [0.2, 0.25) is 5.02 Å². The largest absolute Gasteiger partial charge is 0.507 e. The van der Waals surface area contributed by atoms with Crippen LogP contribution < -0.4 is 4.90 Å². The van der Waals surface area contributed by atoms with Crippen LogP contribution in [0.4, 0.5) is 10.8 Å². The average molecular weight is 661 g/mol. The second kappa shape index (κ2) is 10.6. The van der Waals surface area contributed by atoms with Crippen molar-refractivity contribution < 1.29 is 28.0 Å². The van der Waals surface area contributed by atoms with Crippen LogP contribution >= 0.6 is 38.9 Å². The molecule has 1 aromatic heterocycles. The number of thiazole rings is 1. The van der Waals surface area contributed by atoms with Crippen LogP contribution in [0.15, 0.2) is 98.1 Å². The van der Waals surface area contributed by atoms with Gasteiger partial charge in [0.15, 0.2) is 5.13 Å². The van der Waals surface area contributed by atoms with Gasteiger partial charge < -0.3 is 5.11 Å². The Bertz CT molecular complexity index is 1820. The molecule has 1 aliphatic rings. The topological polar surface area (TPSA) is 148 Å². The normalized spacial score (nSPS) is 16.9. The Kier molecular flexibility index (Phi) is 7.31. The average Bonchev–Trinajstić information content (AvgIpc) is 3.52. The number of halogens is 2. The lowest BCUT2D eigenvalue weighted by Crippen LogP contribution is -2.29. The number of aromatic nitrogens is 1. The van der Waals surface area contributed by atoms with Crippen molar-refractivity contribution >= 4 is 77.0 Å². The molecule has 0 radical (unpaired) electrons. The molecule has 1 atom stereocenters. The fourth-order valence-corrected chi connectivity index (χ4v) is 7.22. The molecule has 2 heterocycles. The third-order valence-corrected chi connectivity index (χ3v) is 10.0. The second-order valence-electron chi connectivity index (χ2n) is 8.45. The fraction of sp³-hybridized carbons (Fsp3) is 0.0385. The highest BCUT2D eigenvalue weighted by molar-refractivity contribution is 9.10. The van der Waals surface area contributed by atoms with Crippen LogP contribution in [0, 0.1) is 10.1 Å². The zero-order valence-electron chi connectivity index (χ0n) is 19.9. The highest BCUT2D eigenvalue weighted by Gasteiger charge is 2.48. The van der Waals surface area contributed by atoms with E-state index in [2.05, 4.69) is 20.9 Å². The van der Waals surface area contributed by atoms with Gasteiger partial charge in [0.25, 0.3) is 11.5 Å². The van der Waals surface area contributed by atoms with Crippen LogP contribution in [-0.2, 0) is 19.4 Å². The number of benzene rings is 3. The van der Waals surface area contributed by atoms with E-state index in [9.17, 15) is 33.2 Å². The molecule has 1 N–H and O–H groups in total. The third kappa shape index (κ3) is 4.92. The van der Waals surface area contributed by atoms with Crippen molar-refractivity contribution in [3.8, 4) is 0 Å². The van der Waals surface area contributed by atoms with Gasteiger partial charge in [0.1, 0.15) is 9.97 Å². The first-order chi connectivity index (χ1) is 19.0. The van der Waals surface area contributed by atoms with Crippen LogP contribution in [0.25, 0.3) is 5.76 Å². The maximum absolute atomic E-state index is 13.4. The second-order valence-corrected chi connectivity index (χ2v) is 13.0. The minimum Gasteiger partial charge on any atom is -0.507 e. The van der Waals surface area contributed by atoms with Crippen molar-refractivity contribution in [2.24, 2.45) is 0 Å². The number of nitrogens with zero attached hydrogens (tertiary/aromatic N) is 3. The molecule has 14 heteroatoms. The number of rotatable bonds is 6. The minimum atomic E-state index is -4.16. The number of nitro groups is 1. The van der Waals surface area contributed by atoms with Gasteiger partial charge in [0, 0.05) is 27.2 Å². The predicted molar refractivity (Wildman–Crippen MR) is 151 cm³/mol. The van der Waals surface area contributed by atoms with Gasteiger partial charge in [-0.15, -0.1) is 0 Å². The molecule has 202 valence electrons. The molecule has 10 nitrogen and oxygen atoms in total. The summed E-state index contributed by atoms with van der Waals surface area (Å²) in [5, 5.41) is 22.4. The number of amides is 1. The van der Waals surface area contributed by atoms with E-state index >= 15 is 0 Å². The molecule has 0 bridgehead atoms. The van der Waals surface area contributed by atoms with E-state index in [0.717, 1.165) is 35.4 Å². The van der Waals surface area contributed by atoms with E-state index in [1.165, 1.54) is 24.3 Å². The minimum absolute atomic E-state index is 0.0947. The number of aliphatic hydroxyl groups excluding tert-OH is 1. The Morgan fingerprint density at radius 3 is 2.38 bits per heavy atom. The summed E-state index contributed by atoms with van der Waals surface area (Å²) in [6.07, 6.45) is 1.05. The van der Waals surface area contributed by atoms with Crippen molar-refractivity contribution in [1.82, 2.24) is 4.98 Å². The molecule has 3 aromatic carbocycles. The first-order valence-corrected chi connectivity index (χ1v) is 14.7. The Morgan fingerprint density at radius 1 is 1.07 bits per heavy atom. The third-order valence-electron chi connectivity index (χ3n) is 6.03. The molecule has 40 heavy (non-hydrogen) atoms. The van der Waals surface area contributed by atoms with E-state index < -0.39 is 38.3 Å². The summed E-state index contributed by atoms with van der Waals surface area (Å²) in [6.45, 7) is 0. The lowest BCUT2D eigenvalue weighted by atomic mass is 9.95. The number of aliphatic hydroxyl groups is 1. The number of ketones is 1. The highest BCUT2D eigenvalue weighted by Crippen LogP contribution is 2.44. The molecule has 0 spiro atoms. The summed E-state index contributed by atoms with van der Waals surface area (Å²) in [6, 6.07) is 16.0. The summed E-state index contributed by atoms with van der Waals surface area (Å²) in [7, 11) is -4.16. The number of carbonyl (C=O) groups excluding carboxylic acids is 2. The molecule has 5 rings (SSSR count). The van der Waals surface area contributed by atoms with Crippen LogP contribution in [0.3, 0.4) is 0 Å². The highest BCUT2D eigenvalue weighted by atomic mass is 79.9. The maximum atomic E-state index is 13.4. The van der Waals surface area contributed by atoms with Gasteiger partial charge in [-0.25, -0.2) is 13.4 Å². The Morgan fingerprint density at radius 2 is 1.75 bits per heavy atom. The van der Waals surface area contributed by atoms with Crippen molar-refractivity contribution in [3.05, 3.63) is 115 Å². The number of Topliss-reactive ketones (excluding diaryl/α,β-unsaturated/α-hetero) is 1. The molecule has 1 fully saturated rings. The van der Waals surface area contributed by atoms with Crippen LogP contribution in [0.5, 0.6) is 0 Å². The van der Waals surface area contributed by atoms with Crippen molar-refractivity contribution in [3.63, 3.8) is 0 Å². The summed E-state index contributed by atoms with van der Waals surface area (Å²) in [5.41, 5.74) is 0.226. The number of nitro benzene ring substituents is 1. The van der Waals surface area contributed by atoms with Crippen LogP contribution in [-0.4, -0.2) is 35.1 Å². The molecular formula is C26H15BrClN3O7S2. The molecule has 0 saturated carbocycles. The monoisotopic (exact) mass is 659 g/mol. The van der Waals surface area contributed by atoms with E-state index in [4.69, 9.17) is 11.6 Å². The molecule has 0 aliphatic carbocycles. The number of sulfone groups is 1. The lowest BCUT2D eigenvalue weighted by molar-refractivity contribution is -0.384. The number of carbonyl (C=O) groups is 2. The van der Waals surface area contributed by atoms with Crippen molar-refractivity contribution in [2.75, 3.05) is 4.90 Å². The maximum Gasteiger partial charge on any atom is 0.301 e. The molecule has 1 aliphatic heterocycles. The van der Waals surface area contributed by atoms with Gasteiger partial charge in [-0.05, 0) is 54.1 Å². The summed E-state index contributed by atoms with van der Waals surface area (Å²) < 4.78 is 26.9. The van der Waals surface area contributed by atoms with E-state index in [-0.39, 0.29) is 31.1 Å². The van der Waals surface area contributed by atoms with Gasteiger partial charge in [-0.1, -0.05) is 51.0 Å². The number of anilines is 1. The SMILES string of the molecule is O=C1C(=O)N(c2ncc(S(=O)(=O)c3ccc([N+](=O)[O-])cc3)s2)[C@@H](c2cccc(Br)c2)C1=C(O)c1ccc(Cl)cc1. The standard InChI is InChI=1S/C26H15BrClN3O7S2/c27-16-3-1-2-15(12-16)22-21(23(32)14-4-6-17(28)7-5-14)24(33)25(34)30(22)26-29-13-20(39-26)40(37,38)19-10-8-18(9-11-19)31(35)36/h1-13,22,32H/t22-/m0/s1. The Labute approximate surface area is 244 Å². The van der Waals surface area contributed by atoms with Gasteiger partial charge in [-0.2, -0.15) is 0 Å². The molecule has 1 saturated heterocycles. The quantitative estimate of drug-likeness (QED) is 0.0880. The molecular weight excluding hydrogens is 646 g/mol. The first-order valence-electron chi connectivity index (χ1n) is 11.3. The number of hydrogen-bond acceptors (Lipinski definition) is 9. The van der Waals surface area contributed by atoms with Crippen molar-refractivity contribution in [2.45, 2.75) is 15.1 Å². The van der Waals surface area contributed by atoms with Gasteiger partial charge in [0.2, 0.25) is 9.84 Å². The zero-order valence-corrected chi connectivity index (χ0v) is 23.9. The predicted octanol–water partition coefficient (Wildman–Crippen LogP) is 5.93. The zero-order chi connectivity index (χ0) is 28.8. The van der Waals surface area contributed by atoms with E-state index in [1.807, 2.05) is 0 Å². The van der Waals surface area contributed by atoms with E-state index in [1.54, 1.807) is 24.3 Å². The summed E-state index contributed by atoms with van der Waals surface area (Å²) in [5.74, 6) is -2.42. The Hall–Kier alpha value is -3.91.